The summed E-state index contributed by atoms with van der Waals surface area (Å²) >= 11 is 0. The van der Waals surface area contributed by atoms with Crippen LogP contribution in [0.25, 0.3) is 11.4 Å². The Hall–Kier alpha value is -2.21. The van der Waals surface area contributed by atoms with Crippen molar-refractivity contribution in [3.8, 4) is 17.5 Å². The third-order valence-electron chi connectivity index (χ3n) is 2.01. The molecule has 0 fully saturated rings. The molecule has 0 spiro atoms. The lowest BCUT2D eigenvalue weighted by atomic mass is 10.1. The van der Waals surface area contributed by atoms with Crippen LogP contribution in [0.4, 0.5) is 0 Å². The maximum atomic E-state index is 8.80. The van der Waals surface area contributed by atoms with Crippen LogP contribution in [-0.4, -0.2) is 9.97 Å². The molecule has 0 bridgehead atoms. The highest BCUT2D eigenvalue weighted by Gasteiger charge is 2.02. The van der Waals surface area contributed by atoms with Crippen LogP contribution >= 0.6 is 0 Å². The van der Waals surface area contributed by atoms with Crippen LogP contribution in [-0.2, 0) is 0 Å². The van der Waals surface area contributed by atoms with E-state index in [1.54, 1.807) is 12.3 Å². The molecule has 0 radical (unpaired) electrons. The Bertz CT molecular complexity index is 512. The molecule has 2 aromatic heterocycles. The van der Waals surface area contributed by atoms with E-state index in [4.69, 9.17) is 5.26 Å². The molecule has 0 aliphatic rings. The van der Waals surface area contributed by atoms with Crippen molar-refractivity contribution in [1.29, 1.82) is 5.26 Å². The molecule has 0 aliphatic carbocycles. The molecule has 0 saturated carbocycles. The molecule has 0 unspecified atom stereocenters. The second-order valence-electron chi connectivity index (χ2n) is 3.24. The molecule has 0 saturated heterocycles. The number of aromatic nitrogens is 2. The van der Waals surface area contributed by atoms with Crippen molar-refractivity contribution >= 4 is 0 Å². The summed E-state index contributed by atoms with van der Waals surface area (Å²) in [4.78, 5) is 8.39. The van der Waals surface area contributed by atoms with E-state index in [2.05, 4.69) is 9.97 Å². The zero-order valence-corrected chi connectivity index (χ0v) is 8.31. The van der Waals surface area contributed by atoms with Crippen molar-refractivity contribution in [1.82, 2.24) is 9.97 Å². The van der Waals surface area contributed by atoms with E-state index in [9.17, 15) is 0 Å². The normalized spacial score (nSPS) is 9.60. The second-order valence-corrected chi connectivity index (χ2v) is 3.24. The smallest absolute Gasteiger partial charge is 0.141 e. The van der Waals surface area contributed by atoms with Crippen LogP contribution in [0.2, 0.25) is 0 Å². The summed E-state index contributed by atoms with van der Waals surface area (Å²) in [6.45, 7) is 1.94. The Labute approximate surface area is 88.1 Å². The van der Waals surface area contributed by atoms with Crippen LogP contribution in [0.3, 0.4) is 0 Å². The molecule has 15 heavy (non-hydrogen) atoms. The third kappa shape index (κ3) is 2.00. The first-order valence-corrected chi connectivity index (χ1v) is 4.60. The predicted molar refractivity (Wildman–Crippen MR) is 56.9 cm³/mol. The van der Waals surface area contributed by atoms with Gasteiger partial charge in [0.2, 0.25) is 0 Å². The molecule has 0 aliphatic heterocycles. The summed E-state index contributed by atoms with van der Waals surface area (Å²) in [6.07, 6.45) is 1.71. The molecule has 0 N–H and O–H groups in total. The maximum Gasteiger partial charge on any atom is 0.141 e. The Balaban J connectivity index is 2.55. The summed E-state index contributed by atoms with van der Waals surface area (Å²) in [5, 5.41) is 8.80. The lowest BCUT2D eigenvalue weighted by Crippen LogP contribution is -1.91. The minimum absolute atomic E-state index is 0.427. The molecule has 72 valence electrons. The highest BCUT2D eigenvalue weighted by Crippen LogP contribution is 2.15. The van der Waals surface area contributed by atoms with Crippen molar-refractivity contribution in [3.05, 3.63) is 47.8 Å². The van der Waals surface area contributed by atoms with E-state index in [0.717, 1.165) is 17.0 Å². The number of hydrogen-bond acceptors (Lipinski definition) is 3. The van der Waals surface area contributed by atoms with Crippen LogP contribution in [0.15, 0.2) is 36.5 Å². The van der Waals surface area contributed by atoms with Gasteiger partial charge in [-0.25, -0.2) is 4.98 Å². The number of nitriles is 1. The number of aryl methyl sites for hydroxylation is 1. The molecule has 2 aromatic rings. The monoisotopic (exact) mass is 195 g/mol. The second kappa shape index (κ2) is 3.89. The molecule has 0 amide bonds. The van der Waals surface area contributed by atoms with Crippen molar-refractivity contribution in [3.63, 3.8) is 0 Å². The third-order valence-corrected chi connectivity index (χ3v) is 2.01. The molecule has 3 heteroatoms. The lowest BCUT2D eigenvalue weighted by Gasteiger charge is -2.01. The highest BCUT2D eigenvalue weighted by atomic mass is 14.8. The fourth-order valence-corrected chi connectivity index (χ4v) is 1.37. The van der Waals surface area contributed by atoms with Crippen molar-refractivity contribution in [2.24, 2.45) is 0 Å². The maximum absolute atomic E-state index is 8.80. The predicted octanol–water partition coefficient (Wildman–Crippen LogP) is 2.32. The average molecular weight is 195 g/mol. The summed E-state index contributed by atoms with van der Waals surface area (Å²) in [5.41, 5.74) is 2.97. The zero-order chi connectivity index (χ0) is 10.7. The van der Waals surface area contributed by atoms with Crippen LogP contribution in [0.1, 0.15) is 11.3 Å². The minimum atomic E-state index is 0.427. The first-order chi connectivity index (χ1) is 7.29. The number of nitrogens with zero attached hydrogens (tertiary/aromatic N) is 3. The number of rotatable bonds is 1. The molecular formula is C12H9N3. The van der Waals surface area contributed by atoms with E-state index in [1.807, 2.05) is 37.3 Å². The van der Waals surface area contributed by atoms with Gasteiger partial charge >= 0.3 is 0 Å². The quantitative estimate of drug-likeness (QED) is 0.701. The van der Waals surface area contributed by atoms with Crippen LogP contribution in [0.5, 0.6) is 0 Å². The topological polar surface area (TPSA) is 49.6 Å². The van der Waals surface area contributed by atoms with Gasteiger partial charge in [0.1, 0.15) is 11.8 Å². The first kappa shape index (κ1) is 9.35. The Morgan fingerprint density at radius 3 is 2.73 bits per heavy atom. The van der Waals surface area contributed by atoms with Gasteiger partial charge in [0, 0.05) is 6.20 Å². The SMILES string of the molecule is Cc1cc(C#N)nc(-c2ccccn2)c1. The average Bonchev–Trinajstić information content (AvgIpc) is 2.29. The molecule has 2 rings (SSSR count). The fraction of sp³-hybridized carbons (Fsp3) is 0.0833. The molecule has 0 aromatic carbocycles. The van der Waals surface area contributed by atoms with E-state index in [1.165, 1.54) is 0 Å². The largest absolute Gasteiger partial charge is 0.255 e. The van der Waals surface area contributed by atoms with E-state index in [0.29, 0.717) is 5.69 Å². The Kier molecular flexibility index (Phi) is 2.42. The van der Waals surface area contributed by atoms with E-state index < -0.39 is 0 Å². The van der Waals surface area contributed by atoms with Gasteiger partial charge in [0.25, 0.3) is 0 Å². The molecule has 3 nitrogen and oxygen atoms in total. The molecule has 2 heterocycles. The first-order valence-electron chi connectivity index (χ1n) is 4.60. The van der Waals surface area contributed by atoms with Gasteiger partial charge in [0.05, 0.1) is 11.4 Å². The van der Waals surface area contributed by atoms with Gasteiger partial charge in [0.15, 0.2) is 0 Å². The zero-order valence-electron chi connectivity index (χ0n) is 8.31. The Morgan fingerprint density at radius 2 is 2.07 bits per heavy atom. The molecule has 0 atom stereocenters. The highest BCUT2D eigenvalue weighted by molar-refractivity contribution is 5.55. The summed E-state index contributed by atoms with van der Waals surface area (Å²) < 4.78 is 0. The van der Waals surface area contributed by atoms with Gasteiger partial charge in [-0.3, -0.25) is 4.98 Å². The Morgan fingerprint density at radius 1 is 1.20 bits per heavy atom. The van der Waals surface area contributed by atoms with Gasteiger partial charge in [-0.1, -0.05) is 6.07 Å². The van der Waals surface area contributed by atoms with Gasteiger partial charge in [-0.15, -0.1) is 0 Å². The van der Waals surface area contributed by atoms with E-state index in [-0.39, 0.29) is 0 Å². The molecular weight excluding hydrogens is 186 g/mol. The standard InChI is InChI=1S/C12H9N3/c1-9-6-10(8-13)15-12(7-9)11-4-2-3-5-14-11/h2-7H,1H3. The minimum Gasteiger partial charge on any atom is -0.255 e. The van der Waals surface area contributed by atoms with E-state index >= 15 is 0 Å². The summed E-state index contributed by atoms with van der Waals surface area (Å²) in [7, 11) is 0. The van der Waals surface area contributed by atoms with Crippen LogP contribution < -0.4 is 0 Å². The van der Waals surface area contributed by atoms with Crippen molar-refractivity contribution < 1.29 is 0 Å². The fourth-order valence-electron chi connectivity index (χ4n) is 1.37. The van der Waals surface area contributed by atoms with Crippen molar-refractivity contribution in [2.45, 2.75) is 6.92 Å². The lowest BCUT2D eigenvalue weighted by molar-refractivity contribution is 1.20. The van der Waals surface area contributed by atoms with Gasteiger partial charge < -0.3 is 0 Å². The summed E-state index contributed by atoms with van der Waals surface area (Å²) in [6, 6.07) is 11.3. The van der Waals surface area contributed by atoms with Crippen LogP contribution in [0, 0.1) is 18.3 Å². The van der Waals surface area contributed by atoms with Crippen molar-refractivity contribution in [2.75, 3.05) is 0 Å². The number of pyridine rings is 2. The summed E-state index contributed by atoms with van der Waals surface area (Å²) in [5.74, 6) is 0. The van der Waals surface area contributed by atoms with Gasteiger partial charge in [-0.2, -0.15) is 5.26 Å². The van der Waals surface area contributed by atoms with Gasteiger partial charge in [-0.05, 0) is 36.8 Å². The number of hydrogen-bond donors (Lipinski definition) is 0.